The Kier molecular flexibility index (Phi) is 4.91. The highest BCUT2D eigenvalue weighted by Crippen LogP contribution is 2.33. The van der Waals surface area contributed by atoms with Gasteiger partial charge in [0.05, 0.1) is 17.2 Å². The fourth-order valence-electron chi connectivity index (χ4n) is 3.05. The number of halogens is 3. The molecular weight excluding hydrogens is 407 g/mol. The molecule has 0 bridgehead atoms. The molecule has 0 N–H and O–H groups in total. The third-order valence-electron chi connectivity index (χ3n) is 4.67. The summed E-state index contributed by atoms with van der Waals surface area (Å²) in [5.74, 6) is -0.132. The third kappa shape index (κ3) is 4.18. The second kappa shape index (κ2) is 7.27. The van der Waals surface area contributed by atoms with Crippen LogP contribution >= 0.6 is 0 Å². The van der Waals surface area contributed by atoms with E-state index >= 15 is 0 Å². The van der Waals surface area contributed by atoms with E-state index in [-0.39, 0.29) is 42.0 Å². The molecule has 152 valence electrons. The second-order valence-electron chi connectivity index (χ2n) is 6.79. The van der Waals surface area contributed by atoms with Crippen LogP contribution in [-0.2, 0) is 22.0 Å². The first-order valence-corrected chi connectivity index (χ1v) is 10.4. The van der Waals surface area contributed by atoms with Gasteiger partial charge in [-0.05, 0) is 17.7 Å². The van der Waals surface area contributed by atoms with Gasteiger partial charge in [0.25, 0.3) is 0 Å². The summed E-state index contributed by atoms with van der Waals surface area (Å²) in [5, 5.41) is 3.75. The molecule has 0 atom stereocenters. The number of benzene rings is 2. The van der Waals surface area contributed by atoms with Gasteiger partial charge in [-0.25, -0.2) is 8.42 Å². The zero-order valence-corrected chi connectivity index (χ0v) is 15.8. The SMILES string of the molecule is O=S(=O)(Cc1ccccc1)N1CC(c2nc(-c3cccc(C(F)(F)F)c3)no2)C1. The molecule has 0 saturated carbocycles. The Balaban J connectivity index is 1.43. The Hall–Kier alpha value is -2.72. The lowest BCUT2D eigenvalue weighted by molar-refractivity contribution is -0.137. The van der Waals surface area contributed by atoms with Crippen molar-refractivity contribution in [1.82, 2.24) is 14.4 Å². The summed E-state index contributed by atoms with van der Waals surface area (Å²) in [6, 6.07) is 13.5. The van der Waals surface area contributed by atoms with Crippen LogP contribution in [0.1, 0.15) is 22.9 Å². The highest BCUT2D eigenvalue weighted by atomic mass is 32.2. The molecule has 29 heavy (non-hydrogen) atoms. The first-order valence-electron chi connectivity index (χ1n) is 8.75. The molecule has 6 nitrogen and oxygen atoms in total. The number of nitrogens with zero attached hydrogens (tertiary/aromatic N) is 3. The van der Waals surface area contributed by atoms with Crippen molar-refractivity contribution in [2.75, 3.05) is 13.1 Å². The van der Waals surface area contributed by atoms with Crippen molar-refractivity contribution in [3.63, 3.8) is 0 Å². The second-order valence-corrected chi connectivity index (χ2v) is 8.76. The van der Waals surface area contributed by atoms with Gasteiger partial charge in [0.1, 0.15) is 0 Å². The van der Waals surface area contributed by atoms with Crippen LogP contribution in [-0.4, -0.2) is 36.0 Å². The molecule has 1 aromatic heterocycles. The van der Waals surface area contributed by atoms with Gasteiger partial charge in [-0.3, -0.25) is 0 Å². The Morgan fingerprint density at radius 3 is 2.48 bits per heavy atom. The van der Waals surface area contributed by atoms with Crippen molar-refractivity contribution >= 4 is 10.0 Å². The molecule has 0 radical (unpaired) electrons. The topological polar surface area (TPSA) is 76.3 Å². The fraction of sp³-hybridized carbons (Fsp3) is 0.263. The normalized spacial score (nSPS) is 16.0. The van der Waals surface area contributed by atoms with E-state index in [1.165, 1.54) is 16.4 Å². The molecule has 0 aliphatic carbocycles. The maximum absolute atomic E-state index is 12.9. The van der Waals surface area contributed by atoms with E-state index < -0.39 is 21.8 Å². The Bertz CT molecular complexity index is 1110. The van der Waals surface area contributed by atoms with Gasteiger partial charge in [0, 0.05) is 18.7 Å². The molecule has 10 heteroatoms. The van der Waals surface area contributed by atoms with Crippen LogP contribution < -0.4 is 0 Å². The van der Waals surface area contributed by atoms with Gasteiger partial charge in [-0.2, -0.15) is 22.5 Å². The average molecular weight is 423 g/mol. The minimum Gasteiger partial charge on any atom is -0.339 e. The molecule has 1 fully saturated rings. The molecule has 0 amide bonds. The quantitative estimate of drug-likeness (QED) is 0.626. The zero-order valence-electron chi connectivity index (χ0n) is 15.0. The highest BCUT2D eigenvalue weighted by molar-refractivity contribution is 7.88. The first kappa shape index (κ1) is 19.6. The molecule has 4 rings (SSSR count). The van der Waals surface area contributed by atoms with E-state index in [4.69, 9.17) is 4.52 Å². The minimum atomic E-state index is -4.47. The van der Waals surface area contributed by atoms with Crippen LogP contribution in [0.3, 0.4) is 0 Å². The minimum absolute atomic E-state index is 0.0386. The van der Waals surface area contributed by atoms with E-state index in [1.807, 2.05) is 6.07 Å². The smallest absolute Gasteiger partial charge is 0.339 e. The van der Waals surface area contributed by atoms with Gasteiger partial charge in [-0.15, -0.1) is 0 Å². The van der Waals surface area contributed by atoms with Crippen molar-refractivity contribution in [2.45, 2.75) is 17.8 Å². The van der Waals surface area contributed by atoms with Crippen LogP contribution in [0.4, 0.5) is 13.2 Å². The Labute approximate surface area is 165 Å². The molecule has 2 heterocycles. The number of aromatic nitrogens is 2. The monoisotopic (exact) mass is 423 g/mol. The molecule has 1 saturated heterocycles. The fourth-order valence-corrected chi connectivity index (χ4v) is 4.66. The maximum Gasteiger partial charge on any atom is 0.416 e. The molecule has 1 aliphatic rings. The van der Waals surface area contributed by atoms with Crippen LogP contribution in [0.2, 0.25) is 0 Å². The van der Waals surface area contributed by atoms with E-state index in [2.05, 4.69) is 10.1 Å². The van der Waals surface area contributed by atoms with Crippen LogP contribution in [0.25, 0.3) is 11.4 Å². The predicted octanol–water partition coefficient (Wildman–Crippen LogP) is 3.68. The van der Waals surface area contributed by atoms with E-state index in [0.717, 1.165) is 12.1 Å². The first-order chi connectivity index (χ1) is 13.7. The third-order valence-corrected chi connectivity index (χ3v) is 6.46. The summed E-state index contributed by atoms with van der Waals surface area (Å²) in [6.07, 6.45) is -4.47. The molecule has 0 spiro atoms. The molecule has 2 aromatic carbocycles. The van der Waals surface area contributed by atoms with Gasteiger partial charge >= 0.3 is 6.18 Å². The number of hydrogen-bond donors (Lipinski definition) is 0. The molecule has 0 unspecified atom stereocenters. The summed E-state index contributed by atoms with van der Waals surface area (Å²) in [6.45, 7) is 0.388. The lowest BCUT2D eigenvalue weighted by Crippen LogP contribution is -2.48. The largest absolute Gasteiger partial charge is 0.416 e. The number of alkyl halides is 3. The summed E-state index contributed by atoms with van der Waals surface area (Å²) >= 11 is 0. The van der Waals surface area contributed by atoms with Crippen LogP contribution in [0.5, 0.6) is 0 Å². The average Bonchev–Trinajstić information content (AvgIpc) is 3.09. The molecular formula is C19H16F3N3O3S. The van der Waals surface area contributed by atoms with Gasteiger partial charge < -0.3 is 4.52 Å². The van der Waals surface area contributed by atoms with Crippen molar-refractivity contribution in [3.05, 3.63) is 71.6 Å². The van der Waals surface area contributed by atoms with E-state index in [0.29, 0.717) is 5.56 Å². The predicted molar refractivity (Wildman–Crippen MR) is 98.1 cm³/mol. The Morgan fingerprint density at radius 1 is 1.07 bits per heavy atom. The molecule has 1 aliphatic heterocycles. The summed E-state index contributed by atoms with van der Waals surface area (Å²) in [4.78, 5) is 4.16. The highest BCUT2D eigenvalue weighted by Gasteiger charge is 2.39. The van der Waals surface area contributed by atoms with Crippen molar-refractivity contribution in [2.24, 2.45) is 0 Å². The zero-order chi connectivity index (χ0) is 20.6. The van der Waals surface area contributed by atoms with Crippen LogP contribution in [0, 0.1) is 0 Å². The molecule has 3 aromatic rings. The Morgan fingerprint density at radius 2 is 1.79 bits per heavy atom. The lowest BCUT2D eigenvalue weighted by Gasteiger charge is -2.35. The van der Waals surface area contributed by atoms with E-state index in [1.54, 1.807) is 24.3 Å². The van der Waals surface area contributed by atoms with Crippen molar-refractivity contribution in [3.8, 4) is 11.4 Å². The number of hydrogen-bond acceptors (Lipinski definition) is 5. The maximum atomic E-state index is 12.9. The summed E-state index contributed by atoms with van der Waals surface area (Å²) < 4.78 is 70.0. The van der Waals surface area contributed by atoms with Crippen molar-refractivity contribution in [1.29, 1.82) is 0 Å². The summed E-state index contributed by atoms with van der Waals surface area (Å²) in [5.41, 5.74) is 0.0754. The number of sulfonamides is 1. The van der Waals surface area contributed by atoms with Gasteiger partial charge in [0.2, 0.25) is 21.7 Å². The lowest BCUT2D eigenvalue weighted by atomic mass is 10.0. The van der Waals surface area contributed by atoms with Gasteiger partial charge in [0.15, 0.2) is 0 Å². The van der Waals surface area contributed by atoms with Gasteiger partial charge in [-0.1, -0.05) is 47.6 Å². The number of rotatable bonds is 5. The standard InChI is InChI=1S/C19H16F3N3O3S/c20-19(21,22)16-8-4-7-14(9-16)17-23-18(28-24-17)15-10-25(11-15)29(26,27)12-13-5-2-1-3-6-13/h1-9,15H,10-12H2. The van der Waals surface area contributed by atoms with E-state index in [9.17, 15) is 21.6 Å². The van der Waals surface area contributed by atoms with Crippen LogP contribution in [0.15, 0.2) is 59.1 Å². The van der Waals surface area contributed by atoms with Crippen molar-refractivity contribution < 1.29 is 26.1 Å². The summed E-state index contributed by atoms with van der Waals surface area (Å²) in [7, 11) is -3.47.